The van der Waals surface area contributed by atoms with Crippen LogP contribution in [-0.4, -0.2) is 46.3 Å². The van der Waals surface area contributed by atoms with Crippen LogP contribution in [-0.2, 0) is 5.33 Å². The fourth-order valence-corrected chi connectivity index (χ4v) is 2.23. The van der Waals surface area contributed by atoms with Gasteiger partial charge in [0, 0.05) is 24.0 Å². The molecule has 2 unspecified atom stereocenters. The highest BCUT2D eigenvalue weighted by molar-refractivity contribution is 9.08. The third kappa shape index (κ3) is 2.68. The third-order valence-corrected chi connectivity index (χ3v) is 3.55. The van der Waals surface area contributed by atoms with Crippen molar-refractivity contribution in [1.29, 1.82) is 0 Å². The summed E-state index contributed by atoms with van der Waals surface area (Å²) in [6.45, 7) is 0.389. The summed E-state index contributed by atoms with van der Waals surface area (Å²) >= 11 is 3.34. The van der Waals surface area contributed by atoms with Gasteiger partial charge >= 0.3 is 0 Å². The second-order valence-corrected chi connectivity index (χ2v) is 4.74. The summed E-state index contributed by atoms with van der Waals surface area (Å²) in [5.41, 5.74) is 1.68. The van der Waals surface area contributed by atoms with E-state index in [-0.39, 0.29) is 19.0 Å². The molecule has 1 saturated heterocycles. The number of carbonyl (C=O) groups excluding carboxylic acids is 1. The van der Waals surface area contributed by atoms with Gasteiger partial charge in [0.05, 0.1) is 12.2 Å². The average Bonchev–Trinajstić information content (AvgIpc) is 2.69. The predicted molar refractivity (Wildman–Crippen MR) is 67.0 cm³/mol. The zero-order chi connectivity index (χ0) is 12.4. The maximum absolute atomic E-state index is 12.0. The van der Waals surface area contributed by atoms with Gasteiger partial charge in [-0.1, -0.05) is 28.1 Å². The van der Waals surface area contributed by atoms with E-state index in [1.54, 1.807) is 12.1 Å². The number of hydrogen-bond donors (Lipinski definition) is 2. The van der Waals surface area contributed by atoms with Crippen molar-refractivity contribution in [3.8, 4) is 0 Å². The first-order valence-electron chi connectivity index (χ1n) is 5.42. The smallest absolute Gasteiger partial charge is 0.254 e. The molecule has 5 heteroatoms. The lowest BCUT2D eigenvalue weighted by molar-refractivity contribution is 0.0572. The number of amides is 1. The number of aliphatic hydroxyl groups excluding tert-OH is 2. The summed E-state index contributed by atoms with van der Waals surface area (Å²) in [4.78, 5) is 13.5. The number of halogens is 1. The number of β-amino-alcohol motifs (C(OH)–C–C–N with tert-alkyl or cyclic N) is 2. The molecule has 1 amide bonds. The van der Waals surface area contributed by atoms with Crippen LogP contribution in [0.2, 0.25) is 0 Å². The van der Waals surface area contributed by atoms with Gasteiger partial charge in [0.15, 0.2) is 0 Å². The minimum Gasteiger partial charge on any atom is -0.388 e. The van der Waals surface area contributed by atoms with Gasteiger partial charge in [-0.25, -0.2) is 0 Å². The van der Waals surface area contributed by atoms with Crippen molar-refractivity contribution in [2.24, 2.45) is 0 Å². The lowest BCUT2D eigenvalue weighted by Gasteiger charge is -2.15. The first kappa shape index (κ1) is 12.5. The zero-order valence-corrected chi connectivity index (χ0v) is 10.8. The van der Waals surface area contributed by atoms with Gasteiger partial charge in [0.25, 0.3) is 5.91 Å². The van der Waals surface area contributed by atoms with E-state index in [4.69, 9.17) is 0 Å². The molecule has 2 atom stereocenters. The molecular weight excluding hydrogens is 286 g/mol. The number of alkyl halides is 1. The Morgan fingerprint density at radius 3 is 2.24 bits per heavy atom. The summed E-state index contributed by atoms with van der Waals surface area (Å²) in [7, 11) is 0. The second-order valence-electron chi connectivity index (χ2n) is 4.18. The molecule has 1 aliphatic rings. The van der Waals surface area contributed by atoms with E-state index < -0.39 is 12.2 Å². The lowest BCUT2D eigenvalue weighted by Crippen LogP contribution is -2.29. The quantitative estimate of drug-likeness (QED) is 0.793. The number of rotatable bonds is 2. The average molecular weight is 300 g/mol. The molecule has 1 fully saturated rings. The SMILES string of the molecule is O=C(c1ccc(CBr)cc1)N1CC(O)C(O)C1. The molecule has 92 valence electrons. The molecule has 4 nitrogen and oxygen atoms in total. The molecule has 2 rings (SSSR count). The van der Waals surface area contributed by atoms with E-state index in [9.17, 15) is 15.0 Å². The van der Waals surface area contributed by atoms with Crippen molar-refractivity contribution >= 4 is 21.8 Å². The van der Waals surface area contributed by atoms with Gasteiger partial charge in [0.2, 0.25) is 0 Å². The summed E-state index contributed by atoms with van der Waals surface area (Å²) in [5, 5.41) is 19.5. The van der Waals surface area contributed by atoms with E-state index in [0.717, 1.165) is 10.9 Å². The Balaban J connectivity index is 2.09. The van der Waals surface area contributed by atoms with Crippen LogP contribution in [0.5, 0.6) is 0 Å². The van der Waals surface area contributed by atoms with Gasteiger partial charge in [0.1, 0.15) is 0 Å². The molecule has 0 aromatic heterocycles. The molecule has 1 aromatic carbocycles. The van der Waals surface area contributed by atoms with E-state index in [1.165, 1.54) is 4.90 Å². The highest BCUT2D eigenvalue weighted by atomic mass is 79.9. The Morgan fingerprint density at radius 2 is 1.76 bits per heavy atom. The van der Waals surface area contributed by atoms with Crippen LogP contribution in [0.25, 0.3) is 0 Å². The first-order chi connectivity index (χ1) is 8.11. The summed E-state index contributed by atoms with van der Waals surface area (Å²) in [6, 6.07) is 7.28. The minimum absolute atomic E-state index is 0.151. The zero-order valence-electron chi connectivity index (χ0n) is 9.21. The Labute approximate surface area is 108 Å². The molecule has 1 heterocycles. The number of benzene rings is 1. The molecule has 1 aromatic rings. The Hall–Kier alpha value is -0.910. The largest absolute Gasteiger partial charge is 0.388 e. The first-order valence-corrected chi connectivity index (χ1v) is 6.54. The molecule has 1 aliphatic heterocycles. The molecule has 0 bridgehead atoms. The third-order valence-electron chi connectivity index (χ3n) is 2.90. The maximum atomic E-state index is 12.0. The van der Waals surface area contributed by atoms with Crippen LogP contribution >= 0.6 is 15.9 Å². The minimum atomic E-state index is -0.833. The van der Waals surface area contributed by atoms with Gasteiger partial charge in [-0.05, 0) is 17.7 Å². The van der Waals surface area contributed by atoms with Crippen LogP contribution in [0, 0.1) is 0 Å². The maximum Gasteiger partial charge on any atom is 0.254 e. The highest BCUT2D eigenvalue weighted by Crippen LogP contribution is 2.15. The second kappa shape index (κ2) is 5.16. The van der Waals surface area contributed by atoms with Crippen molar-refractivity contribution in [1.82, 2.24) is 4.90 Å². The summed E-state index contributed by atoms with van der Waals surface area (Å²) in [5.74, 6) is -0.151. The number of nitrogens with zero attached hydrogens (tertiary/aromatic N) is 1. The summed E-state index contributed by atoms with van der Waals surface area (Å²) < 4.78 is 0. The van der Waals surface area contributed by atoms with E-state index in [1.807, 2.05) is 12.1 Å². The predicted octanol–water partition coefficient (Wildman–Crippen LogP) is 0.759. The Kier molecular flexibility index (Phi) is 3.81. The fourth-order valence-electron chi connectivity index (χ4n) is 1.85. The van der Waals surface area contributed by atoms with Gasteiger partial charge < -0.3 is 15.1 Å². The Morgan fingerprint density at radius 1 is 1.24 bits per heavy atom. The molecule has 0 saturated carbocycles. The van der Waals surface area contributed by atoms with E-state index in [2.05, 4.69) is 15.9 Å². The number of likely N-dealkylation sites (tertiary alicyclic amines) is 1. The van der Waals surface area contributed by atoms with Crippen LogP contribution in [0.1, 0.15) is 15.9 Å². The van der Waals surface area contributed by atoms with Crippen LogP contribution < -0.4 is 0 Å². The van der Waals surface area contributed by atoms with Gasteiger partial charge in [-0.3, -0.25) is 4.79 Å². The topological polar surface area (TPSA) is 60.8 Å². The van der Waals surface area contributed by atoms with Gasteiger partial charge in [-0.2, -0.15) is 0 Å². The highest BCUT2D eigenvalue weighted by Gasteiger charge is 2.32. The molecule has 0 radical (unpaired) electrons. The molecule has 17 heavy (non-hydrogen) atoms. The summed E-state index contributed by atoms with van der Waals surface area (Å²) in [6.07, 6.45) is -1.67. The van der Waals surface area contributed by atoms with Crippen molar-refractivity contribution in [3.05, 3.63) is 35.4 Å². The fraction of sp³-hybridized carbons (Fsp3) is 0.417. The van der Waals surface area contributed by atoms with Crippen molar-refractivity contribution < 1.29 is 15.0 Å². The standard InChI is InChI=1S/C12H14BrNO3/c13-5-8-1-3-9(4-2-8)12(17)14-6-10(15)11(16)7-14/h1-4,10-11,15-16H,5-7H2. The normalized spacial score (nSPS) is 24.1. The van der Waals surface area contributed by atoms with E-state index >= 15 is 0 Å². The molecule has 0 spiro atoms. The molecular formula is C12H14BrNO3. The van der Waals surface area contributed by atoms with Crippen LogP contribution in [0.4, 0.5) is 0 Å². The van der Waals surface area contributed by atoms with Crippen molar-refractivity contribution in [2.75, 3.05) is 13.1 Å². The number of carbonyl (C=O) groups is 1. The lowest BCUT2D eigenvalue weighted by atomic mass is 10.1. The monoisotopic (exact) mass is 299 g/mol. The molecule has 2 N–H and O–H groups in total. The van der Waals surface area contributed by atoms with Crippen LogP contribution in [0.15, 0.2) is 24.3 Å². The van der Waals surface area contributed by atoms with Crippen molar-refractivity contribution in [2.45, 2.75) is 17.5 Å². The number of hydrogen-bond acceptors (Lipinski definition) is 3. The Bertz CT molecular complexity index is 397. The van der Waals surface area contributed by atoms with Crippen LogP contribution in [0.3, 0.4) is 0 Å². The molecule has 0 aliphatic carbocycles. The van der Waals surface area contributed by atoms with E-state index in [0.29, 0.717) is 5.56 Å². The van der Waals surface area contributed by atoms with Crippen molar-refractivity contribution in [3.63, 3.8) is 0 Å². The number of aliphatic hydroxyl groups is 2. The van der Waals surface area contributed by atoms with Gasteiger partial charge in [-0.15, -0.1) is 0 Å².